The van der Waals surface area contributed by atoms with Gasteiger partial charge in [0.15, 0.2) is 0 Å². The first-order valence-electron chi connectivity index (χ1n) is 8.55. The van der Waals surface area contributed by atoms with Crippen molar-refractivity contribution in [3.8, 4) is 0 Å². The third-order valence-electron chi connectivity index (χ3n) is 4.97. The predicted molar refractivity (Wildman–Crippen MR) is 94.5 cm³/mol. The number of hydrogen-bond donors (Lipinski definition) is 2. The van der Waals surface area contributed by atoms with E-state index in [-0.39, 0.29) is 18.4 Å². The van der Waals surface area contributed by atoms with Gasteiger partial charge in [0.05, 0.1) is 6.54 Å². The zero-order valence-corrected chi connectivity index (χ0v) is 15.4. The zero-order chi connectivity index (χ0) is 18.0. The summed E-state index contributed by atoms with van der Waals surface area (Å²) in [6, 6.07) is 1.47. The van der Waals surface area contributed by atoms with Crippen LogP contribution in [0, 0.1) is 5.92 Å². The van der Waals surface area contributed by atoms with E-state index in [4.69, 9.17) is 0 Å². The second kappa shape index (κ2) is 7.13. The number of nitrogens with one attached hydrogen (secondary N) is 2. The third kappa shape index (κ3) is 3.85. The molecule has 0 atom stereocenters. The zero-order valence-electron chi connectivity index (χ0n) is 14.6. The van der Waals surface area contributed by atoms with Gasteiger partial charge in [0, 0.05) is 6.54 Å². The molecule has 0 bridgehead atoms. The van der Waals surface area contributed by atoms with Crippen LogP contribution < -0.4 is 10.7 Å². The summed E-state index contributed by atoms with van der Waals surface area (Å²) in [6.07, 6.45) is 3.06. The maximum atomic E-state index is 12.7. The Hall–Kier alpha value is -1.93. The van der Waals surface area contributed by atoms with Crippen LogP contribution in [0.1, 0.15) is 38.2 Å². The third-order valence-corrected chi connectivity index (χ3v) is 5.70. The van der Waals surface area contributed by atoms with E-state index in [0.29, 0.717) is 25.3 Å². The van der Waals surface area contributed by atoms with E-state index >= 15 is 0 Å². The molecule has 1 aromatic heterocycles. The van der Waals surface area contributed by atoms with E-state index in [1.165, 1.54) is 0 Å². The molecule has 1 saturated heterocycles. The number of thiophene rings is 1. The van der Waals surface area contributed by atoms with Gasteiger partial charge in [-0.25, -0.2) is 4.79 Å². The highest BCUT2D eigenvalue weighted by Crippen LogP contribution is 2.35. The molecule has 0 aromatic carbocycles. The van der Waals surface area contributed by atoms with Crippen molar-refractivity contribution in [2.24, 2.45) is 5.92 Å². The van der Waals surface area contributed by atoms with Crippen molar-refractivity contribution in [1.29, 1.82) is 0 Å². The van der Waals surface area contributed by atoms with Gasteiger partial charge in [-0.2, -0.15) is 16.3 Å². The summed E-state index contributed by atoms with van der Waals surface area (Å²) in [5.74, 6) is -0.148. The second-order valence-electron chi connectivity index (χ2n) is 7.17. The lowest BCUT2D eigenvalue weighted by Gasteiger charge is -2.33. The Labute approximate surface area is 151 Å². The van der Waals surface area contributed by atoms with Crippen molar-refractivity contribution < 1.29 is 14.4 Å². The molecule has 8 heteroatoms. The highest BCUT2D eigenvalue weighted by Gasteiger charge is 2.52. The summed E-state index contributed by atoms with van der Waals surface area (Å²) in [4.78, 5) is 38.9. The van der Waals surface area contributed by atoms with Crippen LogP contribution in [-0.2, 0) is 16.1 Å². The molecule has 2 heterocycles. The van der Waals surface area contributed by atoms with Crippen molar-refractivity contribution in [2.75, 3.05) is 13.6 Å². The smallest absolute Gasteiger partial charge is 0.322 e. The average Bonchev–Trinajstić information content (AvgIpc) is 3.13. The summed E-state index contributed by atoms with van der Waals surface area (Å²) < 4.78 is 0. The predicted octanol–water partition coefficient (Wildman–Crippen LogP) is 1.71. The van der Waals surface area contributed by atoms with E-state index in [0.717, 1.165) is 23.4 Å². The number of amides is 4. The first kappa shape index (κ1) is 17.9. The largest absolute Gasteiger partial charge is 0.344 e. The van der Waals surface area contributed by atoms with Crippen LogP contribution in [0.3, 0.4) is 0 Å². The molecule has 1 aliphatic carbocycles. The van der Waals surface area contributed by atoms with Crippen LogP contribution in [0.25, 0.3) is 0 Å². The Kier molecular flexibility index (Phi) is 5.10. The van der Waals surface area contributed by atoms with Gasteiger partial charge in [0.2, 0.25) is 0 Å². The molecule has 136 valence electrons. The summed E-state index contributed by atoms with van der Waals surface area (Å²) >= 11 is 1.61. The minimum absolute atomic E-state index is 0.108. The quantitative estimate of drug-likeness (QED) is 0.780. The fourth-order valence-corrected chi connectivity index (χ4v) is 4.13. The minimum Gasteiger partial charge on any atom is -0.322 e. The molecule has 2 aliphatic rings. The van der Waals surface area contributed by atoms with Crippen LogP contribution in [0.4, 0.5) is 4.79 Å². The van der Waals surface area contributed by atoms with Gasteiger partial charge in [-0.3, -0.25) is 19.9 Å². The molecule has 2 fully saturated rings. The number of carbonyl (C=O) groups excluding carboxylic acids is 3. The molecule has 1 aromatic rings. The fraction of sp³-hybridized carbons (Fsp3) is 0.588. The normalized spacial score (nSPS) is 26.4. The molecule has 1 saturated carbocycles. The van der Waals surface area contributed by atoms with Gasteiger partial charge in [0.1, 0.15) is 5.54 Å². The molecular formula is C17H24N4O3S. The standard InChI is InChI=1S/C17H24N4O3S/c1-12-3-6-17(7-4-12)15(23)21(16(24)18-17)19-14(22)10-20(2)9-13-5-8-25-11-13/h5,8,11-12H,3-4,6-7,9-10H2,1-2H3,(H,18,24)(H,19,22). The summed E-state index contributed by atoms with van der Waals surface area (Å²) in [5, 5.41) is 7.67. The topological polar surface area (TPSA) is 81.8 Å². The second-order valence-corrected chi connectivity index (χ2v) is 7.95. The number of nitrogens with zero attached hydrogens (tertiary/aromatic N) is 2. The number of carbonyl (C=O) groups is 3. The van der Waals surface area contributed by atoms with Crippen LogP contribution in [-0.4, -0.2) is 46.9 Å². The Balaban J connectivity index is 1.56. The molecule has 1 aliphatic heterocycles. The van der Waals surface area contributed by atoms with Gasteiger partial charge in [-0.15, -0.1) is 0 Å². The molecule has 2 N–H and O–H groups in total. The Morgan fingerprint density at radius 2 is 2.16 bits per heavy atom. The Morgan fingerprint density at radius 3 is 2.80 bits per heavy atom. The molecular weight excluding hydrogens is 340 g/mol. The number of imide groups is 1. The van der Waals surface area contributed by atoms with Crippen LogP contribution in [0.5, 0.6) is 0 Å². The van der Waals surface area contributed by atoms with Crippen molar-refractivity contribution in [3.05, 3.63) is 22.4 Å². The minimum atomic E-state index is -0.834. The molecule has 4 amide bonds. The molecule has 7 nitrogen and oxygen atoms in total. The first-order chi connectivity index (χ1) is 11.9. The van der Waals surface area contributed by atoms with Gasteiger partial charge in [0.25, 0.3) is 11.8 Å². The first-order valence-corrected chi connectivity index (χ1v) is 9.50. The molecule has 0 radical (unpaired) electrons. The van der Waals surface area contributed by atoms with E-state index in [2.05, 4.69) is 17.7 Å². The van der Waals surface area contributed by atoms with Crippen LogP contribution in [0.2, 0.25) is 0 Å². The van der Waals surface area contributed by atoms with E-state index in [1.807, 2.05) is 28.8 Å². The van der Waals surface area contributed by atoms with Crippen LogP contribution in [0.15, 0.2) is 16.8 Å². The van der Waals surface area contributed by atoms with Crippen molar-refractivity contribution in [2.45, 2.75) is 44.7 Å². The Morgan fingerprint density at radius 1 is 1.44 bits per heavy atom. The lowest BCUT2D eigenvalue weighted by molar-refractivity contribution is -0.140. The fourth-order valence-electron chi connectivity index (χ4n) is 3.47. The number of likely N-dealkylation sites (N-methyl/N-ethyl adjacent to an activating group) is 1. The van der Waals surface area contributed by atoms with Crippen molar-refractivity contribution >= 4 is 29.2 Å². The summed E-state index contributed by atoms with van der Waals surface area (Å²) in [6.45, 7) is 2.90. The Bertz CT molecular complexity index is 653. The molecule has 1 spiro atoms. The average molecular weight is 364 g/mol. The monoisotopic (exact) mass is 364 g/mol. The van der Waals surface area contributed by atoms with Gasteiger partial charge >= 0.3 is 6.03 Å². The van der Waals surface area contributed by atoms with Gasteiger partial charge < -0.3 is 5.32 Å². The number of hydrazine groups is 1. The van der Waals surface area contributed by atoms with E-state index in [1.54, 1.807) is 11.3 Å². The highest BCUT2D eigenvalue weighted by molar-refractivity contribution is 7.07. The summed E-state index contributed by atoms with van der Waals surface area (Å²) in [7, 11) is 1.83. The van der Waals surface area contributed by atoms with Gasteiger partial charge in [-0.05, 0) is 61.0 Å². The number of rotatable bonds is 5. The molecule has 3 rings (SSSR count). The molecule has 25 heavy (non-hydrogen) atoms. The van der Waals surface area contributed by atoms with Crippen molar-refractivity contribution in [1.82, 2.24) is 20.7 Å². The number of hydrogen-bond acceptors (Lipinski definition) is 5. The van der Waals surface area contributed by atoms with Crippen LogP contribution >= 0.6 is 11.3 Å². The molecule has 0 unspecified atom stereocenters. The highest BCUT2D eigenvalue weighted by atomic mass is 32.1. The lowest BCUT2D eigenvalue weighted by atomic mass is 9.77. The van der Waals surface area contributed by atoms with E-state index in [9.17, 15) is 14.4 Å². The van der Waals surface area contributed by atoms with Gasteiger partial charge in [-0.1, -0.05) is 6.92 Å². The maximum absolute atomic E-state index is 12.7. The summed E-state index contributed by atoms with van der Waals surface area (Å²) in [5.41, 5.74) is 2.76. The van der Waals surface area contributed by atoms with E-state index < -0.39 is 11.6 Å². The SMILES string of the molecule is CC1CCC2(CC1)NC(=O)N(NC(=O)CN(C)Cc1ccsc1)C2=O. The maximum Gasteiger partial charge on any atom is 0.344 e. The van der Waals surface area contributed by atoms with Crippen molar-refractivity contribution in [3.63, 3.8) is 0 Å². The lowest BCUT2D eigenvalue weighted by Crippen LogP contribution is -2.52. The number of urea groups is 1.